The molecule has 0 aliphatic rings. The summed E-state index contributed by atoms with van der Waals surface area (Å²) in [5.41, 5.74) is 6.28. The summed E-state index contributed by atoms with van der Waals surface area (Å²) in [5.74, 6) is 0.482. The van der Waals surface area contributed by atoms with Gasteiger partial charge in [0.15, 0.2) is 5.82 Å². The van der Waals surface area contributed by atoms with E-state index in [0.29, 0.717) is 59.3 Å². The lowest BCUT2D eigenvalue weighted by Gasteiger charge is -2.12. The number of aromatic nitrogens is 6. The number of carbonyl (C=O) groups excluding carboxylic acids is 1. The minimum Gasteiger partial charge on any atom is -0.492 e. The van der Waals surface area contributed by atoms with Gasteiger partial charge in [-0.2, -0.15) is 5.10 Å². The highest BCUT2D eigenvalue weighted by Crippen LogP contribution is 2.34. The van der Waals surface area contributed by atoms with Gasteiger partial charge in [-0.15, -0.1) is 0 Å². The number of ether oxygens (including phenoxy) is 1. The van der Waals surface area contributed by atoms with Crippen LogP contribution >= 0.6 is 0 Å². The van der Waals surface area contributed by atoms with E-state index < -0.39 is 5.82 Å². The standard InChI is InChI=1S/C31H29FN8O2/c1-4-27(41)35-22-12-20(16-33-17-22)18-5-6-25-24(14-18)29(39-38-25)31-36-26-7-8-34-28(30(26)37-31)19-11-21(32)15-23(13-19)42-10-9-40(2)3/h5-8,11-17H,4,9-10H2,1-3H3,(H,35,41)(H,36,37)(H,38,39). The van der Waals surface area contributed by atoms with Crippen molar-refractivity contribution in [1.29, 1.82) is 0 Å². The van der Waals surface area contributed by atoms with Crippen LogP contribution in [-0.4, -0.2) is 68.2 Å². The molecule has 6 aromatic rings. The molecule has 0 saturated carbocycles. The van der Waals surface area contributed by atoms with Gasteiger partial charge in [0.2, 0.25) is 5.91 Å². The zero-order valence-corrected chi connectivity index (χ0v) is 23.4. The number of fused-ring (bicyclic) bond motifs is 2. The van der Waals surface area contributed by atoms with Crippen LogP contribution in [0, 0.1) is 5.82 Å². The minimum absolute atomic E-state index is 0.0772. The van der Waals surface area contributed by atoms with Crippen molar-refractivity contribution in [3.8, 4) is 39.7 Å². The van der Waals surface area contributed by atoms with Gasteiger partial charge in [0.25, 0.3) is 0 Å². The molecule has 6 rings (SSSR count). The molecule has 0 fully saturated rings. The number of aromatic amines is 2. The second kappa shape index (κ2) is 11.4. The zero-order valence-electron chi connectivity index (χ0n) is 23.4. The van der Waals surface area contributed by atoms with Crippen molar-refractivity contribution in [2.24, 2.45) is 0 Å². The van der Waals surface area contributed by atoms with E-state index in [9.17, 15) is 9.18 Å². The smallest absolute Gasteiger partial charge is 0.224 e. The highest BCUT2D eigenvalue weighted by molar-refractivity contribution is 5.98. The normalized spacial score (nSPS) is 11.5. The van der Waals surface area contributed by atoms with E-state index in [2.05, 4.69) is 30.5 Å². The number of halogens is 1. The number of carbonyl (C=O) groups is 1. The van der Waals surface area contributed by atoms with E-state index in [-0.39, 0.29) is 5.91 Å². The molecule has 2 aromatic carbocycles. The van der Waals surface area contributed by atoms with Gasteiger partial charge in [0.1, 0.15) is 29.4 Å². The number of hydrogen-bond donors (Lipinski definition) is 3. The van der Waals surface area contributed by atoms with Crippen molar-refractivity contribution >= 4 is 33.5 Å². The highest BCUT2D eigenvalue weighted by atomic mass is 19.1. The first-order valence-electron chi connectivity index (χ1n) is 13.5. The van der Waals surface area contributed by atoms with Gasteiger partial charge >= 0.3 is 0 Å². The predicted octanol–water partition coefficient (Wildman–Crippen LogP) is 5.66. The van der Waals surface area contributed by atoms with Crippen LogP contribution in [0.15, 0.2) is 67.1 Å². The number of nitrogens with one attached hydrogen (secondary N) is 3. The summed E-state index contributed by atoms with van der Waals surface area (Å²) in [7, 11) is 3.90. The molecule has 0 bridgehead atoms. The Morgan fingerprint density at radius 2 is 1.88 bits per heavy atom. The Balaban J connectivity index is 1.36. The number of H-pyrrole nitrogens is 2. The molecule has 4 heterocycles. The third kappa shape index (κ3) is 5.54. The van der Waals surface area contributed by atoms with Crippen LogP contribution in [0.5, 0.6) is 5.75 Å². The van der Waals surface area contributed by atoms with Gasteiger partial charge in [-0.3, -0.25) is 19.9 Å². The highest BCUT2D eigenvalue weighted by Gasteiger charge is 2.17. The largest absolute Gasteiger partial charge is 0.492 e. The Morgan fingerprint density at radius 3 is 2.71 bits per heavy atom. The first kappa shape index (κ1) is 27.0. The third-order valence-corrected chi connectivity index (χ3v) is 6.82. The topological polar surface area (TPSA) is 125 Å². The average Bonchev–Trinajstić information content (AvgIpc) is 3.60. The molecule has 0 aliphatic carbocycles. The number of rotatable bonds is 9. The summed E-state index contributed by atoms with van der Waals surface area (Å²) in [6.07, 6.45) is 5.42. The van der Waals surface area contributed by atoms with Crippen molar-refractivity contribution in [3.05, 3.63) is 72.9 Å². The summed E-state index contributed by atoms with van der Waals surface area (Å²) in [4.78, 5) is 30.9. The summed E-state index contributed by atoms with van der Waals surface area (Å²) in [5, 5.41) is 11.3. The lowest BCUT2D eigenvalue weighted by Crippen LogP contribution is -2.19. The molecular formula is C31H29FN8O2. The second-order valence-electron chi connectivity index (χ2n) is 10.2. The Morgan fingerprint density at radius 1 is 1.00 bits per heavy atom. The molecule has 10 nitrogen and oxygen atoms in total. The fourth-order valence-electron chi connectivity index (χ4n) is 4.68. The van der Waals surface area contributed by atoms with Crippen molar-refractivity contribution < 1.29 is 13.9 Å². The fourth-order valence-corrected chi connectivity index (χ4v) is 4.68. The number of nitrogens with zero attached hydrogens (tertiary/aromatic N) is 5. The summed E-state index contributed by atoms with van der Waals surface area (Å²) >= 11 is 0. The van der Waals surface area contributed by atoms with Gasteiger partial charge in [-0.05, 0) is 56.1 Å². The van der Waals surface area contributed by atoms with E-state index in [4.69, 9.17) is 9.72 Å². The SMILES string of the molecule is CCC(=O)Nc1cncc(-c2ccc3[nH]nc(-c4nc5c(-c6cc(F)cc(OCCN(C)C)c6)nccc5[nH]4)c3c2)c1. The number of hydrogen-bond acceptors (Lipinski definition) is 7. The monoisotopic (exact) mass is 564 g/mol. The fraction of sp³-hybridized carbons (Fsp3) is 0.194. The van der Waals surface area contributed by atoms with E-state index >= 15 is 0 Å². The molecule has 3 N–H and O–H groups in total. The van der Waals surface area contributed by atoms with Crippen LogP contribution in [0.25, 0.3) is 55.8 Å². The number of anilines is 1. The van der Waals surface area contributed by atoms with Crippen LogP contribution in [-0.2, 0) is 4.79 Å². The number of likely N-dealkylation sites (N-methyl/N-ethyl adjacent to an activating group) is 1. The van der Waals surface area contributed by atoms with Gasteiger partial charge in [-0.1, -0.05) is 13.0 Å². The summed E-state index contributed by atoms with van der Waals surface area (Å²) in [6.45, 7) is 2.94. The van der Waals surface area contributed by atoms with Crippen LogP contribution in [0.2, 0.25) is 0 Å². The lowest BCUT2D eigenvalue weighted by molar-refractivity contribution is -0.115. The van der Waals surface area contributed by atoms with Crippen molar-refractivity contribution in [3.63, 3.8) is 0 Å². The van der Waals surface area contributed by atoms with Crippen LogP contribution in [0.1, 0.15) is 13.3 Å². The molecule has 42 heavy (non-hydrogen) atoms. The average molecular weight is 565 g/mol. The Kier molecular flexibility index (Phi) is 7.32. The van der Waals surface area contributed by atoms with E-state index in [1.54, 1.807) is 31.6 Å². The first-order chi connectivity index (χ1) is 20.4. The molecule has 212 valence electrons. The molecule has 11 heteroatoms. The summed E-state index contributed by atoms with van der Waals surface area (Å²) in [6, 6.07) is 14.2. The van der Waals surface area contributed by atoms with Crippen molar-refractivity contribution in [2.75, 3.05) is 32.6 Å². The molecule has 0 atom stereocenters. The molecule has 0 saturated heterocycles. The molecule has 1 amide bonds. The molecule has 0 aliphatic heterocycles. The van der Waals surface area contributed by atoms with Gasteiger partial charge in [0.05, 0.1) is 28.6 Å². The van der Waals surface area contributed by atoms with Gasteiger partial charge < -0.3 is 19.9 Å². The molecular weight excluding hydrogens is 535 g/mol. The zero-order chi connectivity index (χ0) is 29.2. The van der Waals surface area contributed by atoms with Crippen LogP contribution < -0.4 is 10.1 Å². The first-order valence-corrected chi connectivity index (χ1v) is 13.5. The van der Waals surface area contributed by atoms with Crippen LogP contribution in [0.3, 0.4) is 0 Å². The Hall–Kier alpha value is -5.16. The molecule has 0 unspecified atom stereocenters. The van der Waals surface area contributed by atoms with E-state index in [1.165, 1.54) is 12.1 Å². The quantitative estimate of drug-likeness (QED) is 0.207. The lowest BCUT2D eigenvalue weighted by atomic mass is 10.0. The van der Waals surface area contributed by atoms with E-state index in [0.717, 1.165) is 27.5 Å². The Bertz CT molecular complexity index is 1910. The van der Waals surface area contributed by atoms with Gasteiger partial charge in [0, 0.05) is 47.9 Å². The summed E-state index contributed by atoms with van der Waals surface area (Å²) < 4.78 is 20.4. The number of imidazole rings is 1. The van der Waals surface area contributed by atoms with E-state index in [1.807, 2.05) is 49.3 Å². The third-order valence-electron chi connectivity index (χ3n) is 6.82. The Labute approximate surface area is 241 Å². The predicted molar refractivity (Wildman–Crippen MR) is 161 cm³/mol. The van der Waals surface area contributed by atoms with Crippen molar-refractivity contribution in [1.82, 2.24) is 35.0 Å². The number of amides is 1. The number of pyridine rings is 2. The maximum atomic E-state index is 14.6. The number of benzene rings is 2. The maximum absolute atomic E-state index is 14.6. The molecule has 0 radical (unpaired) electrons. The maximum Gasteiger partial charge on any atom is 0.224 e. The molecule has 0 spiro atoms. The van der Waals surface area contributed by atoms with Gasteiger partial charge in [-0.25, -0.2) is 9.37 Å². The minimum atomic E-state index is -0.416. The second-order valence-corrected chi connectivity index (χ2v) is 10.2. The van der Waals surface area contributed by atoms with Crippen molar-refractivity contribution in [2.45, 2.75) is 13.3 Å². The molecule has 4 aromatic heterocycles. The van der Waals surface area contributed by atoms with Crippen LogP contribution in [0.4, 0.5) is 10.1 Å².